The van der Waals surface area contributed by atoms with Crippen molar-refractivity contribution in [2.24, 2.45) is 5.92 Å². The lowest BCUT2D eigenvalue weighted by Crippen LogP contribution is -2.45. The van der Waals surface area contributed by atoms with Gasteiger partial charge in [0, 0.05) is 35.8 Å². The third kappa shape index (κ3) is 4.01. The van der Waals surface area contributed by atoms with Gasteiger partial charge in [0.15, 0.2) is 0 Å². The van der Waals surface area contributed by atoms with Crippen LogP contribution < -0.4 is 5.32 Å². The zero-order valence-corrected chi connectivity index (χ0v) is 16.7. The number of sulfonamides is 1. The Morgan fingerprint density at radius 3 is 2.65 bits per heavy atom. The lowest BCUT2D eigenvalue weighted by Gasteiger charge is -2.31. The third-order valence-corrected chi connectivity index (χ3v) is 8.09. The van der Waals surface area contributed by atoms with Crippen molar-refractivity contribution < 1.29 is 8.42 Å². The average molecular weight is 392 g/mol. The number of aryl methyl sites for hydroxylation is 1. The van der Waals surface area contributed by atoms with Crippen LogP contribution in [0.25, 0.3) is 10.6 Å². The summed E-state index contributed by atoms with van der Waals surface area (Å²) in [7, 11) is -3.45. The molecule has 1 N–H and O–H groups in total. The quantitative estimate of drug-likeness (QED) is 0.821. The number of hydrogen-bond acceptors (Lipinski definition) is 5. The Hall–Kier alpha value is -1.28. The van der Waals surface area contributed by atoms with Crippen molar-refractivity contribution in [2.75, 3.05) is 19.6 Å². The van der Waals surface area contributed by atoms with Crippen LogP contribution in [-0.4, -0.2) is 43.4 Å². The highest BCUT2D eigenvalue weighted by molar-refractivity contribution is 7.89. The third-order valence-electron chi connectivity index (χ3n) is 5.18. The van der Waals surface area contributed by atoms with Crippen molar-refractivity contribution in [1.29, 1.82) is 0 Å². The molecule has 0 unspecified atom stereocenters. The van der Waals surface area contributed by atoms with Gasteiger partial charge in [0.05, 0.1) is 4.90 Å². The Bertz CT molecular complexity index is 866. The molecule has 0 spiro atoms. The zero-order chi connectivity index (χ0) is 18.1. The van der Waals surface area contributed by atoms with Gasteiger partial charge in [-0.15, -0.1) is 11.3 Å². The van der Waals surface area contributed by atoms with Gasteiger partial charge in [0.2, 0.25) is 10.0 Å². The lowest BCUT2D eigenvalue weighted by atomic mass is 10.1. The van der Waals surface area contributed by atoms with E-state index in [1.54, 1.807) is 27.8 Å². The van der Waals surface area contributed by atoms with Crippen LogP contribution in [0.5, 0.6) is 0 Å². The highest BCUT2D eigenvalue weighted by Crippen LogP contribution is 2.29. The Labute approximate surface area is 159 Å². The molecule has 0 radical (unpaired) electrons. The fourth-order valence-corrected chi connectivity index (χ4v) is 5.69. The molecule has 7 heteroatoms. The summed E-state index contributed by atoms with van der Waals surface area (Å²) in [6.07, 6.45) is 4.46. The van der Waals surface area contributed by atoms with Crippen LogP contribution in [0.15, 0.2) is 34.5 Å². The van der Waals surface area contributed by atoms with Gasteiger partial charge in [-0.1, -0.05) is 12.1 Å². The number of rotatable bonds is 6. The molecular weight excluding hydrogens is 366 g/mol. The first-order valence-electron chi connectivity index (χ1n) is 9.28. The highest BCUT2D eigenvalue weighted by atomic mass is 32.2. The molecule has 26 heavy (non-hydrogen) atoms. The minimum absolute atomic E-state index is 0.368. The zero-order valence-electron chi connectivity index (χ0n) is 15.0. The average Bonchev–Trinajstić information content (AvgIpc) is 3.39. The van der Waals surface area contributed by atoms with E-state index in [2.05, 4.69) is 10.3 Å². The SMILES string of the molecule is Cc1csc(-c2cccc(S(=O)(=O)N3CCC(NCC4CC4)CC3)c2)n1. The summed E-state index contributed by atoms with van der Waals surface area (Å²) >= 11 is 1.54. The second kappa shape index (κ2) is 7.38. The molecule has 1 saturated heterocycles. The van der Waals surface area contributed by atoms with E-state index in [0.717, 1.165) is 41.6 Å². The molecular formula is C19H25N3O2S2. The van der Waals surface area contributed by atoms with Gasteiger partial charge in [0.25, 0.3) is 0 Å². The van der Waals surface area contributed by atoms with E-state index >= 15 is 0 Å². The van der Waals surface area contributed by atoms with E-state index in [0.29, 0.717) is 24.0 Å². The first-order chi connectivity index (χ1) is 12.5. The van der Waals surface area contributed by atoms with Crippen molar-refractivity contribution in [2.45, 2.75) is 43.5 Å². The first kappa shape index (κ1) is 18.1. The molecule has 1 aliphatic heterocycles. The molecule has 2 fully saturated rings. The minimum Gasteiger partial charge on any atom is -0.314 e. The summed E-state index contributed by atoms with van der Waals surface area (Å²) in [6, 6.07) is 7.63. The molecule has 0 bridgehead atoms. The molecule has 2 heterocycles. The van der Waals surface area contributed by atoms with Crippen molar-refractivity contribution in [3.05, 3.63) is 35.3 Å². The monoisotopic (exact) mass is 391 g/mol. The number of thiazole rings is 1. The van der Waals surface area contributed by atoms with Gasteiger partial charge in [-0.2, -0.15) is 4.31 Å². The maximum Gasteiger partial charge on any atom is 0.243 e. The molecule has 0 atom stereocenters. The van der Waals surface area contributed by atoms with Gasteiger partial charge in [-0.25, -0.2) is 13.4 Å². The van der Waals surface area contributed by atoms with Crippen molar-refractivity contribution in [3.63, 3.8) is 0 Å². The largest absolute Gasteiger partial charge is 0.314 e. The second-order valence-electron chi connectivity index (χ2n) is 7.35. The minimum atomic E-state index is -3.45. The van der Waals surface area contributed by atoms with Crippen molar-refractivity contribution in [1.82, 2.24) is 14.6 Å². The number of hydrogen-bond donors (Lipinski definition) is 1. The fraction of sp³-hybridized carbons (Fsp3) is 0.526. The lowest BCUT2D eigenvalue weighted by molar-refractivity contribution is 0.288. The highest BCUT2D eigenvalue weighted by Gasteiger charge is 2.30. The molecule has 2 aromatic rings. The Kier molecular flexibility index (Phi) is 5.14. The van der Waals surface area contributed by atoms with E-state index in [9.17, 15) is 8.42 Å². The van der Waals surface area contributed by atoms with Crippen LogP contribution in [0.1, 0.15) is 31.4 Å². The predicted molar refractivity (Wildman–Crippen MR) is 105 cm³/mol. The Morgan fingerprint density at radius 2 is 2.00 bits per heavy atom. The standard InChI is InChI=1S/C19H25N3O2S2/c1-14-13-25-19(21-14)16-3-2-4-18(11-16)26(23,24)22-9-7-17(8-10-22)20-12-15-5-6-15/h2-4,11,13,15,17,20H,5-10,12H2,1H3. The molecule has 1 aliphatic carbocycles. The van der Waals surface area contributed by atoms with Crippen LogP contribution in [0.4, 0.5) is 0 Å². The van der Waals surface area contributed by atoms with Crippen LogP contribution in [0, 0.1) is 12.8 Å². The van der Waals surface area contributed by atoms with Gasteiger partial charge >= 0.3 is 0 Å². The molecule has 140 valence electrons. The van der Waals surface area contributed by atoms with Crippen LogP contribution in [-0.2, 0) is 10.0 Å². The van der Waals surface area contributed by atoms with Crippen molar-refractivity contribution in [3.8, 4) is 10.6 Å². The van der Waals surface area contributed by atoms with E-state index in [1.807, 2.05) is 24.4 Å². The maximum absolute atomic E-state index is 13.0. The number of nitrogens with one attached hydrogen (secondary N) is 1. The fourth-order valence-electron chi connectivity index (χ4n) is 3.38. The predicted octanol–water partition coefficient (Wildman–Crippen LogP) is 3.27. The van der Waals surface area contributed by atoms with Crippen LogP contribution in [0.2, 0.25) is 0 Å². The van der Waals surface area contributed by atoms with E-state index in [1.165, 1.54) is 12.8 Å². The maximum atomic E-state index is 13.0. The second-order valence-corrected chi connectivity index (χ2v) is 10.1. The van der Waals surface area contributed by atoms with Gasteiger partial charge in [-0.3, -0.25) is 0 Å². The Morgan fingerprint density at radius 1 is 1.23 bits per heavy atom. The summed E-state index contributed by atoms with van der Waals surface area (Å²) in [6.45, 7) is 4.21. The van der Waals surface area contributed by atoms with Crippen LogP contribution in [0.3, 0.4) is 0 Å². The summed E-state index contributed by atoms with van der Waals surface area (Å²) in [5.74, 6) is 0.856. The molecule has 0 amide bonds. The smallest absolute Gasteiger partial charge is 0.243 e. The van der Waals surface area contributed by atoms with Crippen molar-refractivity contribution >= 4 is 21.4 Å². The van der Waals surface area contributed by atoms with Gasteiger partial charge < -0.3 is 5.32 Å². The summed E-state index contributed by atoms with van der Waals surface area (Å²) < 4.78 is 27.7. The van der Waals surface area contributed by atoms with Gasteiger partial charge in [0.1, 0.15) is 5.01 Å². The molecule has 1 saturated carbocycles. The normalized spacial score (nSPS) is 19.7. The molecule has 1 aromatic heterocycles. The summed E-state index contributed by atoms with van der Waals surface area (Å²) in [5.41, 5.74) is 1.82. The molecule has 4 rings (SSSR count). The molecule has 1 aromatic carbocycles. The topological polar surface area (TPSA) is 62.3 Å². The first-order valence-corrected chi connectivity index (χ1v) is 11.6. The van der Waals surface area contributed by atoms with E-state index in [4.69, 9.17) is 0 Å². The number of benzene rings is 1. The Balaban J connectivity index is 1.45. The molecule has 2 aliphatic rings. The summed E-state index contributed by atoms with van der Waals surface area (Å²) in [5, 5.41) is 6.45. The summed E-state index contributed by atoms with van der Waals surface area (Å²) in [4.78, 5) is 4.84. The number of nitrogens with zero attached hydrogens (tertiary/aromatic N) is 2. The van der Waals surface area contributed by atoms with Crippen LogP contribution >= 0.6 is 11.3 Å². The van der Waals surface area contributed by atoms with E-state index < -0.39 is 10.0 Å². The number of aromatic nitrogens is 1. The van der Waals surface area contributed by atoms with E-state index in [-0.39, 0.29) is 0 Å². The van der Waals surface area contributed by atoms with Gasteiger partial charge in [-0.05, 0) is 57.2 Å². The molecule has 5 nitrogen and oxygen atoms in total. The number of piperidine rings is 1.